The van der Waals surface area contributed by atoms with Gasteiger partial charge in [0.15, 0.2) is 6.10 Å². The highest BCUT2D eigenvalue weighted by Crippen LogP contribution is 2.26. The van der Waals surface area contributed by atoms with Gasteiger partial charge in [0.2, 0.25) is 0 Å². The Morgan fingerprint density at radius 1 is 1.25 bits per heavy atom. The molecule has 0 saturated carbocycles. The van der Waals surface area contributed by atoms with Crippen LogP contribution >= 0.6 is 22.7 Å². The zero-order valence-corrected chi connectivity index (χ0v) is 12.4. The van der Waals surface area contributed by atoms with E-state index in [1.54, 1.807) is 6.08 Å². The molecule has 1 atom stereocenters. The lowest BCUT2D eigenvalue weighted by atomic mass is 10.2. The van der Waals surface area contributed by atoms with Crippen LogP contribution in [-0.4, -0.2) is 18.0 Å². The summed E-state index contributed by atoms with van der Waals surface area (Å²) in [7, 11) is 0. The summed E-state index contributed by atoms with van der Waals surface area (Å²) in [6.07, 6.45) is 0.807. The fourth-order valence-electron chi connectivity index (χ4n) is 1.46. The Kier molecular flexibility index (Phi) is 4.70. The topological polar surface area (TPSA) is 69.4 Å². The fraction of sp³-hybridized carbons (Fsp3) is 0.143. The van der Waals surface area contributed by atoms with Gasteiger partial charge in [-0.15, -0.1) is 22.7 Å². The van der Waals surface area contributed by atoms with Gasteiger partial charge in [0, 0.05) is 9.75 Å². The van der Waals surface area contributed by atoms with Crippen LogP contribution in [0.3, 0.4) is 0 Å². The molecule has 2 heterocycles. The monoisotopic (exact) mass is 307 g/mol. The summed E-state index contributed by atoms with van der Waals surface area (Å²) in [4.78, 5) is 24.9. The zero-order chi connectivity index (χ0) is 14.5. The lowest BCUT2D eigenvalue weighted by molar-refractivity contribution is -0.147. The Morgan fingerprint density at radius 3 is 2.50 bits per heavy atom. The third kappa shape index (κ3) is 3.55. The molecule has 0 fully saturated rings. The molecule has 2 rings (SSSR count). The molecule has 0 bridgehead atoms. The van der Waals surface area contributed by atoms with Gasteiger partial charge < -0.3 is 10.5 Å². The number of primary amides is 1. The molecule has 6 heteroatoms. The van der Waals surface area contributed by atoms with E-state index in [-0.39, 0.29) is 0 Å². The number of esters is 1. The maximum Gasteiger partial charge on any atom is 0.340 e. The first-order chi connectivity index (χ1) is 9.58. The highest BCUT2D eigenvalue weighted by atomic mass is 32.1. The van der Waals surface area contributed by atoms with Crippen LogP contribution in [0.1, 0.15) is 16.7 Å². The van der Waals surface area contributed by atoms with Crippen LogP contribution in [0.15, 0.2) is 35.0 Å². The number of ether oxygens (including phenoxy) is 1. The molecule has 2 aromatic heterocycles. The largest absolute Gasteiger partial charge is 0.449 e. The van der Waals surface area contributed by atoms with Gasteiger partial charge in [-0.05, 0) is 35.9 Å². The first-order valence-corrected chi connectivity index (χ1v) is 7.63. The second kappa shape index (κ2) is 6.49. The van der Waals surface area contributed by atoms with E-state index < -0.39 is 18.0 Å². The first kappa shape index (κ1) is 14.5. The average Bonchev–Trinajstić information content (AvgIpc) is 3.08. The first-order valence-electron chi connectivity index (χ1n) is 5.87. The summed E-state index contributed by atoms with van der Waals surface area (Å²) in [5, 5.41) is 3.80. The van der Waals surface area contributed by atoms with E-state index in [9.17, 15) is 9.59 Å². The highest BCUT2D eigenvalue weighted by Gasteiger charge is 2.20. The van der Waals surface area contributed by atoms with Gasteiger partial charge in [-0.1, -0.05) is 12.1 Å². The molecule has 20 heavy (non-hydrogen) atoms. The van der Waals surface area contributed by atoms with Crippen molar-refractivity contribution in [3.05, 3.63) is 44.8 Å². The van der Waals surface area contributed by atoms with E-state index in [4.69, 9.17) is 10.5 Å². The van der Waals surface area contributed by atoms with Gasteiger partial charge in [0.05, 0.1) is 5.57 Å². The lowest BCUT2D eigenvalue weighted by Gasteiger charge is -2.11. The van der Waals surface area contributed by atoms with Gasteiger partial charge in [-0.3, -0.25) is 4.79 Å². The van der Waals surface area contributed by atoms with E-state index in [1.165, 1.54) is 29.6 Å². The van der Waals surface area contributed by atoms with Crippen molar-refractivity contribution in [1.29, 1.82) is 0 Å². The molecule has 0 unspecified atom stereocenters. The van der Waals surface area contributed by atoms with Crippen LogP contribution in [0.2, 0.25) is 0 Å². The van der Waals surface area contributed by atoms with Gasteiger partial charge in [0.25, 0.3) is 5.91 Å². The third-order valence-electron chi connectivity index (χ3n) is 2.52. The molecule has 0 aliphatic carbocycles. The molecule has 0 spiro atoms. The summed E-state index contributed by atoms with van der Waals surface area (Å²) in [6.45, 7) is 1.46. The average molecular weight is 307 g/mol. The second-order valence-electron chi connectivity index (χ2n) is 4.00. The predicted octanol–water partition coefficient (Wildman–Crippen LogP) is 2.77. The number of nitrogens with two attached hydrogens (primary N) is 1. The molecule has 4 nitrogen and oxygen atoms in total. The molecule has 0 aliphatic heterocycles. The fourth-order valence-corrected chi connectivity index (χ4v) is 2.85. The smallest absolute Gasteiger partial charge is 0.340 e. The Bertz CT molecular complexity index is 615. The van der Waals surface area contributed by atoms with Crippen molar-refractivity contribution < 1.29 is 14.3 Å². The van der Waals surface area contributed by atoms with Crippen molar-refractivity contribution in [3.63, 3.8) is 0 Å². The number of carbonyl (C=O) groups is 2. The Balaban J connectivity index is 2.28. The molecule has 0 aliphatic rings. The van der Waals surface area contributed by atoms with Gasteiger partial charge in [-0.25, -0.2) is 4.79 Å². The molecule has 2 N–H and O–H groups in total. The van der Waals surface area contributed by atoms with E-state index in [1.807, 2.05) is 35.0 Å². The number of hydrogen-bond donors (Lipinski definition) is 1. The summed E-state index contributed by atoms with van der Waals surface area (Å²) in [5.74, 6) is -1.22. The zero-order valence-electron chi connectivity index (χ0n) is 10.7. The van der Waals surface area contributed by atoms with Crippen LogP contribution in [0, 0.1) is 0 Å². The van der Waals surface area contributed by atoms with Crippen molar-refractivity contribution in [3.8, 4) is 0 Å². The van der Waals surface area contributed by atoms with E-state index >= 15 is 0 Å². The maximum atomic E-state index is 12.2. The Labute approximate surface area is 124 Å². The quantitative estimate of drug-likeness (QED) is 0.682. The molecule has 0 radical (unpaired) electrons. The number of rotatable bonds is 5. The van der Waals surface area contributed by atoms with Crippen molar-refractivity contribution in [2.75, 3.05) is 0 Å². The standard InChI is InChI=1S/C14H13NO3S2/c1-9(13(15)16)18-14(17)11(12-5-3-7-20-12)8-10-4-2-6-19-10/h2-9H,1H3,(H2,15,16)/b11-8+/t9-/m1/s1. The van der Waals surface area contributed by atoms with Crippen LogP contribution in [0.25, 0.3) is 11.6 Å². The minimum absolute atomic E-state index is 0.426. The van der Waals surface area contributed by atoms with Crippen molar-refractivity contribution in [1.82, 2.24) is 0 Å². The molecule has 2 aromatic rings. The molecular weight excluding hydrogens is 294 g/mol. The van der Waals surface area contributed by atoms with Crippen LogP contribution < -0.4 is 5.73 Å². The summed E-state index contributed by atoms with van der Waals surface area (Å²) in [5.41, 5.74) is 5.53. The predicted molar refractivity (Wildman–Crippen MR) is 81.3 cm³/mol. The Hall–Kier alpha value is -1.92. The normalized spacial score (nSPS) is 12.9. The van der Waals surface area contributed by atoms with Gasteiger partial charge >= 0.3 is 5.97 Å². The molecule has 0 aromatic carbocycles. The second-order valence-corrected chi connectivity index (χ2v) is 5.93. The number of hydrogen-bond acceptors (Lipinski definition) is 5. The van der Waals surface area contributed by atoms with Crippen molar-refractivity contribution in [2.24, 2.45) is 5.73 Å². The molecule has 104 valence electrons. The molecule has 1 amide bonds. The van der Waals surface area contributed by atoms with Crippen molar-refractivity contribution >= 4 is 46.2 Å². The maximum absolute atomic E-state index is 12.2. The van der Waals surface area contributed by atoms with E-state index in [2.05, 4.69) is 0 Å². The van der Waals surface area contributed by atoms with Crippen LogP contribution in [-0.2, 0) is 14.3 Å². The molecule has 0 saturated heterocycles. The summed E-state index contributed by atoms with van der Waals surface area (Å²) >= 11 is 2.96. The minimum atomic E-state index is -0.950. The summed E-state index contributed by atoms with van der Waals surface area (Å²) in [6, 6.07) is 7.50. The summed E-state index contributed by atoms with van der Waals surface area (Å²) < 4.78 is 5.08. The van der Waals surface area contributed by atoms with Gasteiger partial charge in [0.1, 0.15) is 0 Å². The SMILES string of the molecule is C[C@@H](OC(=O)/C(=C/c1cccs1)c1cccs1)C(N)=O. The van der Waals surface area contributed by atoms with Crippen LogP contribution in [0.5, 0.6) is 0 Å². The minimum Gasteiger partial charge on any atom is -0.449 e. The lowest BCUT2D eigenvalue weighted by Crippen LogP contribution is -2.30. The Morgan fingerprint density at radius 2 is 1.95 bits per heavy atom. The number of amides is 1. The van der Waals surface area contributed by atoms with Gasteiger partial charge in [-0.2, -0.15) is 0 Å². The number of thiophene rings is 2. The van der Waals surface area contributed by atoms with E-state index in [0.29, 0.717) is 5.57 Å². The van der Waals surface area contributed by atoms with Crippen molar-refractivity contribution in [2.45, 2.75) is 13.0 Å². The highest BCUT2D eigenvalue weighted by molar-refractivity contribution is 7.12. The number of carbonyl (C=O) groups excluding carboxylic acids is 2. The van der Waals surface area contributed by atoms with E-state index in [0.717, 1.165) is 9.75 Å². The molecular formula is C14H13NO3S2. The third-order valence-corrected chi connectivity index (χ3v) is 4.24. The van der Waals surface area contributed by atoms with Crippen LogP contribution in [0.4, 0.5) is 0 Å².